The molecule has 18 heavy (non-hydrogen) atoms. The zero-order chi connectivity index (χ0) is 13.8. The van der Waals surface area contributed by atoms with E-state index < -0.39 is 0 Å². The van der Waals surface area contributed by atoms with Gasteiger partial charge in [-0.15, -0.1) is 11.6 Å². The van der Waals surface area contributed by atoms with E-state index in [1.54, 1.807) is 17.0 Å². The highest BCUT2D eigenvalue weighted by atomic mass is 35.5. The van der Waals surface area contributed by atoms with Crippen LogP contribution >= 0.6 is 11.6 Å². The SMILES string of the molecule is CCCN(CCCl)c1nccn(C(C)(C)C)c1=O. The lowest BCUT2D eigenvalue weighted by atomic mass is 10.1. The molecule has 0 radical (unpaired) electrons. The Hall–Kier alpha value is -1.03. The smallest absolute Gasteiger partial charge is 0.293 e. The summed E-state index contributed by atoms with van der Waals surface area (Å²) in [5.41, 5.74) is -0.295. The first-order valence-electron chi connectivity index (χ1n) is 6.31. The van der Waals surface area contributed by atoms with Crippen LogP contribution < -0.4 is 10.5 Å². The quantitative estimate of drug-likeness (QED) is 0.772. The highest BCUT2D eigenvalue weighted by molar-refractivity contribution is 6.18. The third-order valence-electron chi connectivity index (χ3n) is 2.69. The van der Waals surface area contributed by atoms with Gasteiger partial charge in [-0.3, -0.25) is 4.79 Å². The number of hydrogen-bond donors (Lipinski definition) is 0. The van der Waals surface area contributed by atoms with Gasteiger partial charge in [-0.25, -0.2) is 4.98 Å². The second-order valence-corrected chi connectivity index (χ2v) is 5.65. The van der Waals surface area contributed by atoms with Gasteiger partial charge in [-0.05, 0) is 27.2 Å². The topological polar surface area (TPSA) is 38.1 Å². The summed E-state index contributed by atoms with van der Waals surface area (Å²) in [6.45, 7) is 9.53. The molecule has 1 heterocycles. The average Bonchev–Trinajstić information content (AvgIpc) is 2.27. The molecule has 0 N–H and O–H groups in total. The van der Waals surface area contributed by atoms with Crippen LogP contribution in [0.4, 0.5) is 5.82 Å². The Balaban J connectivity index is 3.20. The fourth-order valence-corrected chi connectivity index (χ4v) is 2.05. The number of nitrogens with zero attached hydrogens (tertiary/aromatic N) is 3. The van der Waals surface area contributed by atoms with Crippen LogP contribution in [-0.4, -0.2) is 28.5 Å². The van der Waals surface area contributed by atoms with Crippen LogP contribution in [0.5, 0.6) is 0 Å². The number of alkyl halides is 1. The van der Waals surface area contributed by atoms with E-state index in [0.29, 0.717) is 18.2 Å². The number of halogens is 1. The molecule has 1 aromatic heterocycles. The molecule has 0 aromatic carbocycles. The van der Waals surface area contributed by atoms with Gasteiger partial charge in [-0.2, -0.15) is 0 Å². The molecule has 0 fully saturated rings. The van der Waals surface area contributed by atoms with E-state index in [0.717, 1.165) is 13.0 Å². The van der Waals surface area contributed by atoms with Crippen molar-refractivity contribution in [2.45, 2.75) is 39.7 Å². The first-order chi connectivity index (χ1) is 8.41. The zero-order valence-corrected chi connectivity index (χ0v) is 12.4. The summed E-state index contributed by atoms with van der Waals surface area (Å²) in [6.07, 6.45) is 4.37. The van der Waals surface area contributed by atoms with E-state index in [1.165, 1.54) is 0 Å². The third kappa shape index (κ3) is 3.48. The average molecular weight is 272 g/mol. The lowest BCUT2D eigenvalue weighted by Gasteiger charge is -2.26. The van der Waals surface area contributed by atoms with Crippen molar-refractivity contribution < 1.29 is 0 Å². The largest absolute Gasteiger partial charge is 0.351 e. The number of rotatable bonds is 5. The molecule has 0 bridgehead atoms. The Morgan fingerprint density at radius 2 is 2.06 bits per heavy atom. The highest BCUT2D eigenvalue weighted by Crippen LogP contribution is 2.12. The molecule has 0 amide bonds. The predicted octanol–water partition coefficient (Wildman–Crippen LogP) is 2.45. The van der Waals surface area contributed by atoms with Gasteiger partial charge in [0.25, 0.3) is 5.56 Å². The van der Waals surface area contributed by atoms with Gasteiger partial charge in [0, 0.05) is 36.9 Å². The number of aromatic nitrogens is 2. The number of hydrogen-bond acceptors (Lipinski definition) is 3. The second kappa shape index (κ2) is 6.23. The minimum atomic E-state index is -0.242. The van der Waals surface area contributed by atoms with Gasteiger partial charge in [-0.1, -0.05) is 6.92 Å². The van der Waals surface area contributed by atoms with Crippen molar-refractivity contribution >= 4 is 17.4 Å². The number of anilines is 1. The van der Waals surface area contributed by atoms with Crippen molar-refractivity contribution in [2.75, 3.05) is 23.9 Å². The van der Waals surface area contributed by atoms with Gasteiger partial charge in [0.1, 0.15) is 0 Å². The summed E-state index contributed by atoms with van der Waals surface area (Å²) in [6, 6.07) is 0. The molecule has 102 valence electrons. The van der Waals surface area contributed by atoms with Crippen molar-refractivity contribution in [3.63, 3.8) is 0 Å². The molecule has 0 unspecified atom stereocenters. The van der Waals surface area contributed by atoms with E-state index in [9.17, 15) is 4.79 Å². The normalized spacial score (nSPS) is 11.6. The Labute approximate surface area is 114 Å². The Bertz CT molecular complexity index is 431. The van der Waals surface area contributed by atoms with Gasteiger partial charge in [0.2, 0.25) is 0 Å². The Kier molecular flexibility index (Phi) is 5.20. The van der Waals surface area contributed by atoms with Crippen LogP contribution in [0.3, 0.4) is 0 Å². The van der Waals surface area contributed by atoms with Crippen molar-refractivity contribution in [3.8, 4) is 0 Å². The van der Waals surface area contributed by atoms with Crippen LogP contribution in [0.15, 0.2) is 17.2 Å². The lowest BCUT2D eigenvalue weighted by Crippen LogP contribution is -2.39. The highest BCUT2D eigenvalue weighted by Gasteiger charge is 2.19. The molecule has 0 aliphatic rings. The maximum absolute atomic E-state index is 12.4. The van der Waals surface area contributed by atoms with Gasteiger partial charge in [0.15, 0.2) is 5.82 Å². The Morgan fingerprint density at radius 1 is 1.39 bits per heavy atom. The summed E-state index contributed by atoms with van der Waals surface area (Å²) in [5, 5.41) is 0. The molecule has 0 saturated heterocycles. The molecule has 4 nitrogen and oxygen atoms in total. The van der Waals surface area contributed by atoms with Crippen LogP contribution in [0.25, 0.3) is 0 Å². The minimum absolute atomic E-state index is 0.0523. The molecule has 0 aliphatic heterocycles. The summed E-state index contributed by atoms with van der Waals surface area (Å²) in [4.78, 5) is 18.6. The predicted molar refractivity (Wildman–Crippen MR) is 76.7 cm³/mol. The van der Waals surface area contributed by atoms with Crippen LogP contribution in [-0.2, 0) is 5.54 Å². The van der Waals surface area contributed by atoms with E-state index in [-0.39, 0.29) is 11.1 Å². The molecule has 0 spiro atoms. The first kappa shape index (κ1) is 15.0. The molecular weight excluding hydrogens is 250 g/mol. The molecular formula is C13H22ClN3O. The Morgan fingerprint density at radius 3 is 2.56 bits per heavy atom. The van der Waals surface area contributed by atoms with E-state index in [1.807, 2.05) is 25.7 Å². The standard InChI is InChI=1S/C13H22ClN3O/c1-5-8-16(9-6-14)11-12(18)17(10-7-15-11)13(2,3)4/h7,10H,5-6,8-9H2,1-4H3. The van der Waals surface area contributed by atoms with Gasteiger partial charge < -0.3 is 9.47 Å². The van der Waals surface area contributed by atoms with Crippen LogP contribution in [0, 0.1) is 0 Å². The molecule has 1 aromatic rings. The zero-order valence-electron chi connectivity index (χ0n) is 11.6. The molecule has 5 heteroatoms. The van der Waals surface area contributed by atoms with Crippen molar-refractivity contribution in [1.82, 2.24) is 9.55 Å². The maximum atomic E-state index is 12.4. The van der Waals surface area contributed by atoms with E-state index in [4.69, 9.17) is 11.6 Å². The van der Waals surface area contributed by atoms with Gasteiger partial charge in [0.05, 0.1) is 0 Å². The van der Waals surface area contributed by atoms with Crippen molar-refractivity contribution in [2.24, 2.45) is 0 Å². The monoisotopic (exact) mass is 271 g/mol. The van der Waals surface area contributed by atoms with Gasteiger partial charge >= 0.3 is 0 Å². The molecule has 1 rings (SSSR count). The molecule has 0 aliphatic carbocycles. The summed E-state index contributed by atoms with van der Waals surface area (Å²) >= 11 is 5.79. The molecule has 0 atom stereocenters. The fraction of sp³-hybridized carbons (Fsp3) is 0.692. The molecule has 0 saturated carbocycles. The lowest BCUT2D eigenvalue weighted by molar-refractivity contribution is 0.382. The summed E-state index contributed by atoms with van der Waals surface area (Å²) in [5.74, 6) is 0.987. The van der Waals surface area contributed by atoms with E-state index >= 15 is 0 Å². The minimum Gasteiger partial charge on any atom is -0.351 e. The van der Waals surface area contributed by atoms with Crippen LogP contribution in [0.1, 0.15) is 34.1 Å². The summed E-state index contributed by atoms with van der Waals surface area (Å²) < 4.78 is 1.71. The third-order valence-corrected chi connectivity index (χ3v) is 2.86. The maximum Gasteiger partial charge on any atom is 0.293 e. The first-order valence-corrected chi connectivity index (χ1v) is 6.84. The van der Waals surface area contributed by atoms with E-state index in [2.05, 4.69) is 11.9 Å². The summed E-state index contributed by atoms with van der Waals surface area (Å²) in [7, 11) is 0. The van der Waals surface area contributed by atoms with Crippen LogP contribution in [0.2, 0.25) is 0 Å². The van der Waals surface area contributed by atoms with Crippen molar-refractivity contribution in [1.29, 1.82) is 0 Å². The van der Waals surface area contributed by atoms with Crippen molar-refractivity contribution in [3.05, 3.63) is 22.7 Å². The second-order valence-electron chi connectivity index (χ2n) is 5.27. The fourth-order valence-electron chi connectivity index (χ4n) is 1.84.